The van der Waals surface area contributed by atoms with Gasteiger partial charge in [0.25, 0.3) is 0 Å². The Morgan fingerprint density at radius 3 is 2.70 bits per heavy atom. The van der Waals surface area contributed by atoms with Crippen LogP contribution in [0.25, 0.3) is 5.69 Å². The zero-order chi connectivity index (χ0) is 13.9. The summed E-state index contributed by atoms with van der Waals surface area (Å²) in [5.41, 5.74) is 1.96. The highest BCUT2D eigenvalue weighted by Crippen LogP contribution is 2.18. The van der Waals surface area contributed by atoms with Gasteiger partial charge in [-0.2, -0.15) is 4.68 Å². The largest absolute Gasteiger partial charge is 0.347 e. The number of nitrogens with one attached hydrogen (secondary N) is 1. The molecule has 1 N–H and O–H groups in total. The van der Waals surface area contributed by atoms with E-state index in [-0.39, 0.29) is 0 Å². The van der Waals surface area contributed by atoms with E-state index in [1.54, 1.807) is 16.0 Å². The van der Waals surface area contributed by atoms with Crippen molar-refractivity contribution in [1.29, 1.82) is 0 Å². The number of para-hydroxylation sites is 1. The minimum atomic E-state index is 0.612. The summed E-state index contributed by atoms with van der Waals surface area (Å²) < 4.78 is 1.68. The summed E-state index contributed by atoms with van der Waals surface area (Å²) in [5, 5.41) is 16.0. The number of benzene rings is 1. The number of nitrogens with zero attached hydrogens (tertiary/aromatic N) is 5. The average molecular weight is 286 g/mol. The van der Waals surface area contributed by atoms with Crippen LogP contribution >= 0.6 is 11.3 Å². The molecule has 3 aromatic rings. The summed E-state index contributed by atoms with van der Waals surface area (Å²) in [6.45, 7) is 4.69. The van der Waals surface area contributed by atoms with E-state index in [0.29, 0.717) is 12.5 Å². The second-order valence-corrected chi connectivity index (χ2v) is 5.75. The number of aryl methyl sites for hydroxylation is 2. The van der Waals surface area contributed by atoms with Gasteiger partial charge in [-0.25, -0.2) is 4.98 Å². The van der Waals surface area contributed by atoms with Crippen molar-refractivity contribution in [3.05, 3.63) is 45.9 Å². The normalized spacial score (nSPS) is 10.7. The lowest BCUT2D eigenvalue weighted by molar-refractivity contribution is 0.789. The highest BCUT2D eigenvalue weighted by Gasteiger charge is 2.09. The topological polar surface area (TPSA) is 68.5 Å². The van der Waals surface area contributed by atoms with Crippen molar-refractivity contribution < 1.29 is 0 Å². The Bertz CT molecular complexity index is 703. The maximum absolute atomic E-state index is 4.49. The zero-order valence-corrected chi connectivity index (χ0v) is 12.1. The van der Waals surface area contributed by atoms with Gasteiger partial charge in [-0.3, -0.25) is 0 Å². The summed E-state index contributed by atoms with van der Waals surface area (Å²) in [5.74, 6) is 0.612. The highest BCUT2D eigenvalue weighted by atomic mass is 32.1. The molecule has 3 rings (SSSR count). The number of hydrogen-bond donors (Lipinski definition) is 1. The highest BCUT2D eigenvalue weighted by molar-refractivity contribution is 7.11. The Morgan fingerprint density at radius 2 is 2.00 bits per heavy atom. The molecule has 0 bridgehead atoms. The molecule has 0 atom stereocenters. The van der Waals surface area contributed by atoms with E-state index in [1.807, 2.05) is 37.3 Å². The van der Waals surface area contributed by atoms with Crippen LogP contribution in [0.15, 0.2) is 30.3 Å². The van der Waals surface area contributed by atoms with E-state index >= 15 is 0 Å². The maximum atomic E-state index is 4.49. The molecule has 0 aliphatic rings. The molecule has 0 amide bonds. The van der Waals surface area contributed by atoms with Crippen LogP contribution in [-0.2, 0) is 6.54 Å². The van der Waals surface area contributed by atoms with Gasteiger partial charge in [0.15, 0.2) is 0 Å². The Balaban J connectivity index is 1.79. The third-order valence-electron chi connectivity index (χ3n) is 2.88. The predicted molar refractivity (Wildman–Crippen MR) is 78.1 cm³/mol. The van der Waals surface area contributed by atoms with Crippen LogP contribution in [-0.4, -0.2) is 25.2 Å². The molecule has 1 aromatic carbocycles. The lowest BCUT2D eigenvalue weighted by Gasteiger charge is -2.06. The molecule has 6 nitrogen and oxygen atoms in total. The van der Waals surface area contributed by atoms with Crippen molar-refractivity contribution in [3.63, 3.8) is 0 Å². The Hall–Kier alpha value is -2.28. The first kappa shape index (κ1) is 12.7. The molecule has 102 valence electrons. The van der Waals surface area contributed by atoms with Gasteiger partial charge in [-0.1, -0.05) is 23.3 Å². The minimum absolute atomic E-state index is 0.612. The Morgan fingerprint density at radius 1 is 1.20 bits per heavy atom. The lowest BCUT2D eigenvalue weighted by Crippen LogP contribution is -2.08. The second-order valence-electron chi connectivity index (χ2n) is 4.34. The monoisotopic (exact) mass is 286 g/mol. The van der Waals surface area contributed by atoms with E-state index in [1.165, 1.54) is 4.88 Å². The molecule has 0 radical (unpaired) electrons. The summed E-state index contributed by atoms with van der Waals surface area (Å²) in [7, 11) is 0. The summed E-state index contributed by atoms with van der Waals surface area (Å²) in [6.07, 6.45) is 0. The van der Waals surface area contributed by atoms with Crippen LogP contribution in [0, 0.1) is 13.8 Å². The van der Waals surface area contributed by atoms with Gasteiger partial charge in [0.05, 0.1) is 22.9 Å². The first-order valence-corrected chi connectivity index (χ1v) is 7.06. The van der Waals surface area contributed by atoms with E-state index < -0.39 is 0 Å². The Labute approximate surface area is 120 Å². The first-order chi connectivity index (χ1) is 9.74. The smallest absolute Gasteiger partial charge is 0.248 e. The quantitative estimate of drug-likeness (QED) is 0.797. The fourth-order valence-electron chi connectivity index (χ4n) is 1.94. The number of anilines is 1. The van der Waals surface area contributed by atoms with Crippen LogP contribution in [0.5, 0.6) is 0 Å². The SMILES string of the molecule is Cc1nc(CNc2nnnn2-c2ccccc2)c(C)s1. The maximum Gasteiger partial charge on any atom is 0.248 e. The van der Waals surface area contributed by atoms with E-state index in [0.717, 1.165) is 16.4 Å². The minimum Gasteiger partial charge on any atom is -0.347 e. The summed E-state index contributed by atoms with van der Waals surface area (Å²) >= 11 is 1.70. The van der Waals surface area contributed by atoms with Gasteiger partial charge in [-0.05, 0) is 36.4 Å². The van der Waals surface area contributed by atoms with Crippen LogP contribution in [0.3, 0.4) is 0 Å². The second kappa shape index (κ2) is 5.38. The van der Waals surface area contributed by atoms with Crippen LogP contribution < -0.4 is 5.32 Å². The molecule has 0 unspecified atom stereocenters. The zero-order valence-electron chi connectivity index (χ0n) is 11.2. The number of tetrazole rings is 1. The number of hydrogen-bond acceptors (Lipinski definition) is 6. The molecule has 0 spiro atoms. The molecule has 0 aliphatic carbocycles. The molecule has 0 saturated heterocycles. The van der Waals surface area contributed by atoms with Crippen LogP contribution in [0.1, 0.15) is 15.6 Å². The van der Waals surface area contributed by atoms with Gasteiger partial charge in [0.1, 0.15) is 0 Å². The molecule has 0 aliphatic heterocycles. The molecular formula is C13H14N6S. The average Bonchev–Trinajstić information content (AvgIpc) is 3.04. The number of rotatable bonds is 4. The van der Waals surface area contributed by atoms with Crippen molar-refractivity contribution >= 4 is 17.3 Å². The molecule has 0 fully saturated rings. The summed E-state index contributed by atoms with van der Waals surface area (Å²) in [4.78, 5) is 5.71. The predicted octanol–water partition coefficient (Wildman–Crippen LogP) is 2.35. The van der Waals surface area contributed by atoms with Gasteiger partial charge in [-0.15, -0.1) is 11.3 Å². The lowest BCUT2D eigenvalue weighted by atomic mass is 10.3. The fraction of sp³-hybridized carbons (Fsp3) is 0.231. The van der Waals surface area contributed by atoms with Crippen molar-refractivity contribution in [2.24, 2.45) is 0 Å². The van der Waals surface area contributed by atoms with Gasteiger partial charge in [0, 0.05) is 4.88 Å². The standard InChI is InChI=1S/C13H14N6S/c1-9-12(15-10(2)20-9)8-14-13-16-17-18-19(13)11-6-4-3-5-7-11/h3-7H,8H2,1-2H3,(H,14,16,18). The van der Waals surface area contributed by atoms with Gasteiger partial charge >= 0.3 is 0 Å². The molecule has 0 saturated carbocycles. The van der Waals surface area contributed by atoms with Crippen molar-refractivity contribution in [3.8, 4) is 5.69 Å². The molecule has 2 heterocycles. The molecular weight excluding hydrogens is 272 g/mol. The fourth-order valence-corrected chi connectivity index (χ4v) is 2.77. The third-order valence-corrected chi connectivity index (χ3v) is 3.81. The van der Waals surface area contributed by atoms with Crippen LogP contribution in [0.2, 0.25) is 0 Å². The van der Waals surface area contributed by atoms with Crippen LogP contribution in [0.4, 0.5) is 5.95 Å². The van der Waals surface area contributed by atoms with Crippen molar-refractivity contribution in [1.82, 2.24) is 25.2 Å². The molecule has 7 heteroatoms. The number of thiazole rings is 1. The van der Waals surface area contributed by atoms with Gasteiger partial charge in [0.2, 0.25) is 5.95 Å². The summed E-state index contributed by atoms with van der Waals surface area (Å²) in [6, 6.07) is 9.78. The third kappa shape index (κ3) is 2.53. The van der Waals surface area contributed by atoms with Crippen molar-refractivity contribution in [2.45, 2.75) is 20.4 Å². The van der Waals surface area contributed by atoms with E-state index in [9.17, 15) is 0 Å². The van der Waals surface area contributed by atoms with Gasteiger partial charge < -0.3 is 5.32 Å². The molecule has 20 heavy (non-hydrogen) atoms. The Kier molecular flexibility index (Phi) is 3.42. The van der Waals surface area contributed by atoms with E-state index in [2.05, 4.69) is 32.7 Å². The first-order valence-electron chi connectivity index (χ1n) is 6.24. The molecule has 2 aromatic heterocycles. The van der Waals surface area contributed by atoms with Crippen molar-refractivity contribution in [2.75, 3.05) is 5.32 Å². The number of aromatic nitrogens is 5. The van der Waals surface area contributed by atoms with E-state index in [4.69, 9.17) is 0 Å².